The second kappa shape index (κ2) is 8.55. The number of aliphatic imine (C=N–C) groups is 1. The maximum Gasteiger partial charge on any atom is 0.351 e. The van der Waals surface area contributed by atoms with Crippen LogP contribution in [-0.4, -0.2) is 62.4 Å². The van der Waals surface area contributed by atoms with Crippen LogP contribution in [0.1, 0.15) is 40.3 Å². The van der Waals surface area contributed by atoms with E-state index in [0.29, 0.717) is 24.3 Å². The molecule has 0 aromatic carbocycles. The van der Waals surface area contributed by atoms with E-state index in [1.165, 1.54) is 4.57 Å². The molecule has 0 radical (unpaired) electrons. The first-order valence-corrected chi connectivity index (χ1v) is 8.65. The zero-order valence-electron chi connectivity index (χ0n) is 15.2. The summed E-state index contributed by atoms with van der Waals surface area (Å²) in [7, 11) is 0. The molecule has 3 atom stereocenters. The van der Waals surface area contributed by atoms with Crippen LogP contribution in [0.15, 0.2) is 22.1 Å². The highest BCUT2D eigenvalue weighted by molar-refractivity contribution is 5.60. The Balaban J connectivity index is 2.15. The summed E-state index contributed by atoms with van der Waals surface area (Å²) in [5.74, 6) is 0.146. The van der Waals surface area contributed by atoms with E-state index in [4.69, 9.17) is 4.74 Å². The molecule has 1 saturated heterocycles. The van der Waals surface area contributed by atoms with E-state index in [2.05, 4.69) is 42.6 Å². The van der Waals surface area contributed by atoms with Gasteiger partial charge in [0.05, 0.1) is 19.0 Å². The fourth-order valence-electron chi connectivity index (χ4n) is 3.03. The summed E-state index contributed by atoms with van der Waals surface area (Å²) in [6.45, 7) is 8.01. The quantitative estimate of drug-likeness (QED) is 0.559. The third kappa shape index (κ3) is 4.65. The minimum atomic E-state index is -0.532. The summed E-state index contributed by atoms with van der Waals surface area (Å²) < 4.78 is 7.02. The topological polar surface area (TPSA) is 100 Å². The van der Waals surface area contributed by atoms with E-state index < -0.39 is 18.0 Å². The Morgan fingerprint density at radius 1 is 1.36 bits per heavy atom. The minimum absolute atomic E-state index is 0.0908. The molecule has 0 amide bonds. The summed E-state index contributed by atoms with van der Waals surface area (Å²) >= 11 is 0. The van der Waals surface area contributed by atoms with Crippen LogP contribution in [0.2, 0.25) is 0 Å². The molecule has 2 N–H and O–H groups in total. The van der Waals surface area contributed by atoms with Gasteiger partial charge < -0.3 is 19.8 Å². The second-order valence-electron chi connectivity index (χ2n) is 6.84. The van der Waals surface area contributed by atoms with E-state index >= 15 is 0 Å². The maximum absolute atomic E-state index is 12.3. The van der Waals surface area contributed by atoms with Crippen LogP contribution < -0.4 is 5.69 Å². The van der Waals surface area contributed by atoms with Gasteiger partial charge in [0.15, 0.2) is 5.82 Å². The molecular weight excluding hydrogens is 324 g/mol. The van der Waals surface area contributed by atoms with E-state index in [1.807, 2.05) is 0 Å². The molecule has 1 aliphatic heterocycles. The average molecular weight is 352 g/mol. The highest BCUT2D eigenvalue weighted by atomic mass is 16.5. The Morgan fingerprint density at radius 3 is 2.52 bits per heavy atom. The summed E-state index contributed by atoms with van der Waals surface area (Å²) in [4.78, 5) is 22.6. The SMILES string of the molecule is CC(C)N(C=Nc1ccn([C@H]2C[C@H](CO)[C@@H](CO)O2)c(=O)n1)C(C)C. The molecular formula is C17H28N4O4. The van der Waals surface area contributed by atoms with Crippen LogP contribution in [0.4, 0.5) is 5.82 Å². The predicted octanol–water partition coefficient (Wildman–Crippen LogP) is 0.910. The number of aromatic nitrogens is 2. The van der Waals surface area contributed by atoms with Gasteiger partial charge in [0, 0.05) is 37.2 Å². The van der Waals surface area contributed by atoms with Crippen LogP contribution in [0.25, 0.3) is 0 Å². The molecule has 0 bridgehead atoms. The largest absolute Gasteiger partial charge is 0.396 e. The summed E-state index contributed by atoms with van der Waals surface area (Å²) in [6, 6.07) is 2.24. The highest BCUT2D eigenvalue weighted by Gasteiger charge is 2.35. The Kier molecular flexibility index (Phi) is 6.69. The van der Waals surface area contributed by atoms with Crippen molar-refractivity contribution >= 4 is 12.2 Å². The first-order chi connectivity index (χ1) is 11.9. The minimum Gasteiger partial charge on any atom is -0.396 e. The van der Waals surface area contributed by atoms with Gasteiger partial charge in [-0.05, 0) is 33.8 Å². The lowest BCUT2D eigenvalue weighted by Crippen LogP contribution is -2.35. The zero-order valence-corrected chi connectivity index (χ0v) is 15.2. The number of ether oxygens (including phenoxy) is 1. The van der Waals surface area contributed by atoms with Gasteiger partial charge in [-0.25, -0.2) is 9.79 Å². The number of nitrogens with zero attached hydrogens (tertiary/aromatic N) is 4. The lowest BCUT2D eigenvalue weighted by molar-refractivity contribution is -0.0365. The van der Waals surface area contributed by atoms with Crippen LogP contribution in [0, 0.1) is 5.92 Å². The molecule has 0 spiro atoms. The van der Waals surface area contributed by atoms with Gasteiger partial charge in [0.1, 0.15) is 6.23 Å². The van der Waals surface area contributed by atoms with Crippen molar-refractivity contribution < 1.29 is 14.9 Å². The monoisotopic (exact) mass is 352 g/mol. The molecule has 1 aromatic rings. The standard InChI is InChI=1S/C17H28N4O4/c1-11(2)21(12(3)4)10-18-15-5-6-20(17(24)19-15)16-7-13(8-22)14(9-23)25-16/h5-6,10-14,16,22-23H,7-9H2,1-4H3/t13-,14-,16-/m1/s1. The number of hydrogen-bond donors (Lipinski definition) is 2. The fraction of sp³-hybridized carbons (Fsp3) is 0.706. The highest BCUT2D eigenvalue weighted by Crippen LogP contribution is 2.32. The normalized spacial score (nSPS) is 23.9. The Labute approximate surface area is 147 Å². The second-order valence-corrected chi connectivity index (χ2v) is 6.84. The molecule has 25 heavy (non-hydrogen) atoms. The van der Waals surface area contributed by atoms with Gasteiger partial charge in [0.25, 0.3) is 0 Å². The molecule has 8 heteroatoms. The number of aliphatic hydroxyl groups excluding tert-OH is 2. The summed E-state index contributed by atoms with van der Waals surface area (Å²) in [6.07, 6.45) is 2.76. The third-order valence-electron chi connectivity index (χ3n) is 4.42. The molecule has 8 nitrogen and oxygen atoms in total. The zero-order chi connectivity index (χ0) is 18.6. The van der Waals surface area contributed by atoms with Crippen molar-refractivity contribution in [1.82, 2.24) is 14.5 Å². The first-order valence-electron chi connectivity index (χ1n) is 8.65. The van der Waals surface area contributed by atoms with Crippen LogP contribution in [0.3, 0.4) is 0 Å². The van der Waals surface area contributed by atoms with Crippen molar-refractivity contribution in [1.29, 1.82) is 0 Å². The van der Waals surface area contributed by atoms with E-state index in [1.54, 1.807) is 18.6 Å². The number of hydrogen-bond acceptors (Lipinski definition) is 6. The Morgan fingerprint density at radius 2 is 2.04 bits per heavy atom. The van der Waals surface area contributed by atoms with Gasteiger partial charge in [-0.15, -0.1) is 0 Å². The number of aliphatic hydroxyl groups is 2. The maximum atomic E-state index is 12.3. The summed E-state index contributed by atoms with van der Waals surface area (Å²) in [5.41, 5.74) is -0.462. The lowest BCUT2D eigenvalue weighted by atomic mass is 10.0. The first kappa shape index (κ1) is 19.6. The van der Waals surface area contributed by atoms with Gasteiger partial charge in [-0.3, -0.25) is 4.57 Å². The average Bonchev–Trinajstić information content (AvgIpc) is 2.97. The van der Waals surface area contributed by atoms with Crippen molar-refractivity contribution in [2.45, 2.75) is 58.5 Å². The van der Waals surface area contributed by atoms with Crippen molar-refractivity contribution in [2.75, 3.05) is 13.2 Å². The molecule has 1 aromatic heterocycles. The molecule has 2 heterocycles. The molecule has 2 rings (SSSR count). The fourth-order valence-corrected chi connectivity index (χ4v) is 3.03. The smallest absolute Gasteiger partial charge is 0.351 e. The van der Waals surface area contributed by atoms with E-state index in [9.17, 15) is 15.0 Å². The number of rotatable bonds is 7. The third-order valence-corrected chi connectivity index (χ3v) is 4.42. The molecule has 1 aliphatic rings. The molecule has 0 aliphatic carbocycles. The predicted molar refractivity (Wildman–Crippen MR) is 94.9 cm³/mol. The molecule has 1 fully saturated rings. The van der Waals surface area contributed by atoms with E-state index in [-0.39, 0.29) is 19.1 Å². The van der Waals surface area contributed by atoms with Gasteiger partial charge in [-0.2, -0.15) is 4.98 Å². The molecule has 0 saturated carbocycles. The van der Waals surface area contributed by atoms with Crippen LogP contribution in [-0.2, 0) is 4.74 Å². The Bertz CT molecular complexity index is 624. The van der Waals surface area contributed by atoms with Crippen LogP contribution >= 0.6 is 0 Å². The van der Waals surface area contributed by atoms with Crippen LogP contribution in [0.5, 0.6) is 0 Å². The van der Waals surface area contributed by atoms with Gasteiger partial charge >= 0.3 is 5.69 Å². The Hall–Kier alpha value is -1.77. The van der Waals surface area contributed by atoms with Crippen molar-refractivity contribution in [3.05, 3.63) is 22.7 Å². The molecule has 0 unspecified atom stereocenters. The molecule has 140 valence electrons. The van der Waals surface area contributed by atoms with E-state index in [0.717, 1.165) is 0 Å². The van der Waals surface area contributed by atoms with Crippen molar-refractivity contribution in [3.63, 3.8) is 0 Å². The van der Waals surface area contributed by atoms with Gasteiger partial charge in [-0.1, -0.05) is 0 Å². The van der Waals surface area contributed by atoms with Crippen molar-refractivity contribution in [2.24, 2.45) is 10.9 Å². The lowest BCUT2D eigenvalue weighted by Gasteiger charge is -2.27. The van der Waals surface area contributed by atoms with Crippen molar-refractivity contribution in [3.8, 4) is 0 Å². The summed E-state index contributed by atoms with van der Waals surface area (Å²) in [5, 5.41) is 18.6. The van der Waals surface area contributed by atoms with Gasteiger partial charge in [0.2, 0.25) is 0 Å².